The van der Waals surface area contributed by atoms with E-state index in [4.69, 9.17) is 9.47 Å². The van der Waals surface area contributed by atoms with Crippen molar-refractivity contribution < 1.29 is 23.8 Å². The zero-order valence-electron chi connectivity index (χ0n) is 23.8. The summed E-state index contributed by atoms with van der Waals surface area (Å²) in [7, 11) is 0. The fourth-order valence-corrected chi connectivity index (χ4v) is 6.66. The highest BCUT2D eigenvalue weighted by Gasteiger charge is 2.33. The number of rotatable bonds is 6. The Balaban J connectivity index is 1.15. The van der Waals surface area contributed by atoms with Crippen molar-refractivity contribution in [3.05, 3.63) is 82.9 Å². The number of carbonyl (C=O) groups excluding carboxylic acids is 1. The number of nitrogens with one attached hydrogen (secondary N) is 1. The lowest BCUT2D eigenvalue weighted by atomic mass is 9.95. The number of nitrogens with zero attached hydrogens (tertiary/aromatic N) is 3. The number of hydrogen-bond donors (Lipinski definition) is 2. The highest BCUT2D eigenvalue weighted by molar-refractivity contribution is 6.09. The van der Waals surface area contributed by atoms with Crippen molar-refractivity contribution in [3.63, 3.8) is 0 Å². The van der Waals surface area contributed by atoms with Crippen LogP contribution in [0.4, 0.5) is 10.1 Å². The number of amides is 1. The zero-order chi connectivity index (χ0) is 29.1. The topological polar surface area (TPSA) is 90.9 Å². The van der Waals surface area contributed by atoms with Crippen LogP contribution in [0.5, 0.6) is 5.75 Å². The quantitative estimate of drug-likeness (QED) is 0.323. The van der Waals surface area contributed by atoms with Gasteiger partial charge in [0.15, 0.2) is 0 Å². The molecule has 5 heterocycles. The van der Waals surface area contributed by atoms with Gasteiger partial charge in [0.25, 0.3) is 5.91 Å². The molecule has 1 aliphatic carbocycles. The molecular formula is C34H33FN4O4. The van der Waals surface area contributed by atoms with Crippen LogP contribution in [0, 0.1) is 5.82 Å². The molecular weight excluding hydrogens is 547 g/mol. The van der Waals surface area contributed by atoms with E-state index >= 15 is 4.39 Å². The summed E-state index contributed by atoms with van der Waals surface area (Å²) in [4.78, 5) is 25.9. The maximum Gasteiger partial charge on any atom is 0.265 e. The smallest absolute Gasteiger partial charge is 0.265 e. The van der Waals surface area contributed by atoms with Gasteiger partial charge in [-0.25, -0.2) is 9.37 Å². The third-order valence-electron chi connectivity index (χ3n) is 9.30. The molecule has 2 aromatic carbocycles. The van der Waals surface area contributed by atoms with Gasteiger partial charge in [0.1, 0.15) is 29.4 Å². The summed E-state index contributed by atoms with van der Waals surface area (Å²) in [5.41, 5.74) is 6.74. The largest absolute Gasteiger partial charge is 0.491 e. The Labute approximate surface area is 248 Å². The molecule has 0 atom stereocenters. The van der Waals surface area contributed by atoms with Crippen LogP contribution in [0.1, 0.15) is 52.4 Å². The number of pyridine rings is 1. The predicted octanol–water partition coefficient (Wildman–Crippen LogP) is 5.27. The number of aromatic amines is 1. The van der Waals surface area contributed by atoms with Crippen LogP contribution < -0.4 is 9.64 Å². The fourth-order valence-electron chi connectivity index (χ4n) is 6.66. The molecule has 0 radical (unpaired) electrons. The first-order valence-electron chi connectivity index (χ1n) is 15.1. The van der Waals surface area contributed by atoms with Crippen molar-refractivity contribution >= 4 is 28.2 Å². The Kier molecular flexibility index (Phi) is 6.54. The summed E-state index contributed by atoms with van der Waals surface area (Å²) in [6, 6.07) is 13.5. The molecule has 8 rings (SSSR count). The van der Waals surface area contributed by atoms with E-state index in [9.17, 15) is 9.90 Å². The van der Waals surface area contributed by atoms with Crippen LogP contribution in [0.15, 0.2) is 54.7 Å². The van der Waals surface area contributed by atoms with Gasteiger partial charge in [0.2, 0.25) is 0 Å². The Hall–Kier alpha value is -4.05. The number of aliphatic hydroxyl groups excluding tert-OH is 1. The van der Waals surface area contributed by atoms with Crippen LogP contribution in [0.3, 0.4) is 0 Å². The van der Waals surface area contributed by atoms with Crippen molar-refractivity contribution in [1.29, 1.82) is 0 Å². The van der Waals surface area contributed by atoms with Crippen LogP contribution >= 0.6 is 0 Å². The highest BCUT2D eigenvalue weighted by Crippen LogP contribution is 2.44. The van der Waals surface area contributed by atoms with E-state index < -0.39 is 11.7 Å². The molecule has 2 N–H and O–H groups in total. The molecule has 0 bridgehead atoms. The maximum atomic E-state index is 15.4. The van der Waals surface area contributed by atoms with Gasteiger partial charge in [-0.2, -0.15) is 0 Å². The van der Waals surface area contributed by atoms with Crippen molar-refractivity contribution in [2.75, 3.05) is 44.4 Å². The summed E-state index contributed by atoms with van der Waals surface area (Å²) in [6.07, 6.45) is 7.04. The minimum absolute atomic E-state index is 0.0538. The molecule has 220 valence electrons. The van der Waals surface area contributed by atoms with E-state index in [1.165, 1.54) is 16.5 Å². The standard InChI is InChI=1S/C34H33FN4O4/c35-28-14-22(20-4-5-20)15-31-32(28)34(41)39(12-13-43-31)30-3-1-2-24(27(30)17-40)25-6-9-36-33-26(25)16-29(37-33)21-7-10-38(11-8-21)23-18-42-19-23/h1-3,6-7,9,14-16,20,23,40H,4-5,8,10-13,17-19H2,(H,36,37). The highest BCUT2D eigenvalue weighted by atomic mass is 19.1. The third-order valence-corrected chi connectivity index (χ3v) is 9.30. The van der Waals surface area contributed by atoms with Gasteiger partial charge in [0.05, 0.1) is 38.1 Å². The lowest BCUT2D eigenvalue weighted by molar-refractivity contribution is -0.0612. The molecule has 0 spiro atoms. The first-order valence-corrected chi connectivity index (χ1v) is 15.1. The summed E-state index contributed by atoms with van der Waals surface area (Å²) in [5, 5.41) is 11.6. The van der Waals surface area contributed by atoms with Crippen molar-refractivity contribution in [1.82, 2.24) is 14.9 Å². The van der Waals surface area contributed by atoms with Gasteiger partial charge >= 0.3 is 0 Å². The Morgan fingerprint density at radius 1 is 1.09 bits per heavy atom. The number of H-pyrrole nitrogens is 1. The van der Waals surface area contributed by atoms with Crippen LogP contribution in [-0.4, -0.2) is 71.4 Å². The Morgan fingerprint density at radius 2 is 1.98 bits per heavy atom. The second-order valence-corrected chi connectivity index (χ2v) is 11.9. The molecule has 4 aliphatic rings. The molecule has 0 unspecified atom stereocenters. The van der Waals surface area contributed by atoms with Gasteiger partial charge < -0.3 is 24.5 Å². The van der Waals surface area contributed by atoms with Gasteiger partial charge in [-0.1, -0.05) is 18.2 Å². The van der Waals surface area contributed by atoms with Crippen LogP contribution in [0.2, 0.25) is 0 Å². The van der Waals surface area contributed by atoms with Crippen LogP contribution in [-0.2, 0) is 11.3 Å². The van der Waals surface area contributed by atoms with Crippen LogP contribution in [0.25, 0.3) is 27.7 Å². The predicted molar refractivity (Wildman–Crippen MR) is 162 cm³/mol. The van der Waals surface area contributed by atoms with E-state index in [1.807, 2.05) is 24.3 Å². The molecule has 9 heteroatoms. The molecule has 1 amide bonds. The summed E-state index contributed by atoms with van der Waals surface area (Å²) >= 11 is 0. The fraction of sp³-hybridized carbons (Fsp3) is 0.353. The number of halogens is 1. The van der Waals surface area contributed by atoms with Gasteiger partial charge in [-0.05, 0) is 77.8 Å². The summed E-state index contributed by atoms with van der Waals surface area (Å²) in [5.74, 6) is -0.384. The number of hydrogen-bond acceptors (Lipinski definition) is 6. The van der Waals surface area contributed by atoms with Crippen molar-refractivity contribution in [2.45, 2.75) is 37.8 Å². The number of anilines is 1. The van der Waals surface area contributed by atoms with E-state index in [2.05, 4.69) is 27.0 Å². The normalized spacial score (nSPS) is 19.5. The van der Waals surface area contributed by atoms with E-state index in [-0.39, 0.29) is 25.3 Å². The minimum Gasteiger partial charge on any atom is -0.491 e. The first-order chi connectivity index (χ1) is 21.1. The number of fused-ring (bicyclic) bond motifs is 2. The van der Waals surface area contributed by atoms with Crippen molar-refractivity contribution in [3.8, 4) is 16.9 Å². The molecule has 4 aromatic rings. The average molecular weight is 581 g/mol. The molecule has 2 aromatic heterocycles. The second kappa shape index (κ2) is 10.6. The maximum absolute atomic E-state index is 15.4. The number of aromatic nitrogens is 2. The molecule has 2 fully saturated rings. The Bertz CT molecular complexity index is 1770. The summed E-state index contributed by atoms with van der Waals surface area (Å²) < 4.78 is 26.7. The van der Waals surface area contributed by atoms with Crippen molar-refractivity contribution in [2.24, 2.45) is 0 Å². The van der Waals surface area contributed by atoms with E-state index in [0.29, 0.717) is 29.0 Å². The zero-order valence-corrected chi connectivity index (χ0v) is 23.8. The SMILES string of the molecule is O=C1c2c(F)cc(C3CC3)cc2OCCN1c1cccc(-c2ccnc3[nH]c(C4=CCN(C5COC5)CC4)cc23)c1CO. The second-order valence-electron chi connectivity index (χ2n) is 11.9. The molecule has 3 aliphatic heterocycles. The first kappa shape index (κ1) is 26.6. The monoisotopic (exact) mass is 580 g/mol. The number of carbonyl (C=O) groups is 1. The molecule has 1 saturated heterocycles. The lowest BCUT2D eigenvalue weighted by Gasteiger charge is -2.38. The van der Waals surface area contributed by atoms with E-state index in [1.54, 1.807) is 12.3 Å². The average Bonchev–Trinajstić information content (AvgIpc) is 3.78. The van der Waals surface area contributed by atoms with Gasteiger partial charge in [0, 0.05) is 35.9 Å². The van der Waals surface area contributed by atoms with Gasteiger partial charge in [-0.3, -0.25) is 9.69 Å². The number of aliphatic hydroxyl groups is 1. The minimum atomic E-state index is -0.560. The molecule has 43 heavy (non-hydrogen) atoms. The summed E-state index contributed by atoms with van der Waals surface area (Å²) in [6.45, 7) is 3.68. The molecule has 1 saturated carbocycles. The third kappa shape index (κ3) is 4.63. The molecule has 8 nitrogen and oxygen atoms in total. The van der Waals surface area contributed by atoms with Gasteiger partial charge in [-0.15, -0.1) is 0 Å². The number of benzene rings is 2. The number of ether oxygens (including phenoxy) is 2. The lowest BCUT2D eigenvalue weighted by Crippen LogP contribution is -2.50. The Morgan fingerprint density at radius 3 is 2.72 bits per heavy atom. The van der Waals surface area contributed by atoms with E-state index in [0.717, 1.165) is 79.0 Å².